The predicted octanol–water partition coefficient (Wildman–Crippen LogP) is 4.33. The van der Waals surface area contributed by atoms with Crippen LogP contribution in [0.15, 0.2) is 60.8 Å². The van der Waals surface area contributed by atoms with E-state index in [1.54, 1.807) is 4.90 Å². The van der Waals surface area contributed by atoms with Crippen molar-refractivity contribution in [3.05, 3.63) is 71.9 Å². The number of aromatic nitrogens is 1. The lowest BCUT2D eigenvalue weighted by Crippen LogP contribution is -2.35. The molecule has 3 N–H and O–H groups in total. The Balaban J connectivity index is 1.23. The number of nitrogens with one attached hydrogen (secondary N) is 1. The largest absolute Gasteiger partial charge is 0.361 e. The van der Waals surface area contributed by atoms with Crippen molar-refractivity contribution in [2.45, 2.75) is 18.8 Å². The molecule has 1 atom stereocenters. The number of nitrogens with zero attached hydrogens (tertiary/aromatic N) is 2. The molecule has 29 heavy (non-hydrogen) atoms. The zero-order valence-electron chi connectivity index (χ0n) is 16.5. The molecule has 2 aliphatic rings. The first-order chi connectivity index (χ1) is 14.2. The number of para-hydroxylation sites is 1. The lowest BCUT2D eigenvalue weighted by molar-refractivity contribution is 0.253. The van der Waals surface area contributed by atoms with Crippen molar-refractivity contribution >= 4 is 28.2 Å². The maximum absolute atomic E-state index is 11.8. The number of rotatable bonds is 4. The van der Waals surface area contributed by atoms with Crippen molar-refractivity contribution < 1.29 is 4.79 Å². The van der Waals surface area contributed by atoms with Crippen molar-refractivity contribution in [2.75, 3.05) is 31.1 Å². The third-order valence-corrected chi connectivity index (χ3v) is 6.35. The van der Waals surface area contributed by atoms with Gasteiger partial charge in [-0.25, -0.2) is 4.79 Å². The third-order valence-electron chi connectivity index (χ3n) is 6.35. The average Bonchev–Trinajstić information content (AvgIpc) is 3.37. The molecule has 1 unspecified atom stereocenters. The number of carbonyl (C=O) groups is 1. The second kappa shape index (κ2) is 7.41. The van der Waals surface area contributed by atoms with E-state index in [0.29, 0.717) is 12.5 Å². The lowest BCUT2D eigenvalue weighted by Gasteiger charge is -2.27. The van der Waals surface area contributed by atoms with Gasteiger partial charge in [0.15, 0.2) is 0 Å². The van der Waals surface area contributed by atoms with Gasteiger partial charge in [0.05, 0.1) is 0 Å². The first-order valence-electron chi connectivity index (χ1n) is 10.3. The highest BCUT2D eigenvalue weighted by Crippen LogP contribution is 2.38. The van der Waals surface area contributed by atoms with Crippen LogP contribution in [0.2, 0.25) is 0 Å². The Kier molecular flexibility index (Phi) is 4.60. The van der Waals surface area contributed by atoms with Crippen LogP contribution < -0.4 is 10.6 Å². The molecule has 1 aromatic heterocycles. The molecule has 0 saturated carbocycles. The number of urea groups is 1. The molecule has 2 amide bonds. The van der Waals surface area contributed by atoms with Gasteiger partial charge in [-0.3, -0.25) is 9.80 Å². The zero-order chi connectivity index (χ0) is 19.8. The van der Waals surface area contributed by atoms with Crippen molar-refractivity contribution in [1.82, 2.24) is 9.88 Å². The highest BCUT2D eigenvalue weighted by atomic mass is 16.2. The van der Waals surface area contributed by atoms with E-state index in [2.05, 4.69) is 46.3 Å². The van der Waals surface area contributed by atoms with Gasteiger partial charge in [-0.2, -0.15) is 0 Å². The molecule has 0 aliphatic carbocycles. The fourth-order valence-corrected chi connectivity index (χ4v) is 4.72. The molecule has 5 nitrogen and oxygen atoms in total. The Morgan fingerprint density at radius 2 is 2.07 bits per heavy atom. The molecule has 3 heterocycles. The SMILES string of the molecule is NC(=O)N1CC(CCN2CC=C(c3ccc4[nH]ccc4c3)CC2)c2ccccc21. The first-order valence-corrected chi connectivity index (χ1v) is 10.3. The van der Waals surface area contributed by atoms with Crippen LogP contribution in [-0.4, -0.2) is 42.1 Å². The van der Waals surface area contributed by atoms with Crippen molar-refractivity contribution in [2.24, 2.45) is 5.73 Å². The fourth-order valence-electron chi connectivity index (χ4n) is 4.72. The quantitative estimate of drug-likeness (QED) is 0.701. The van der Waals surface area contributed by atoms with Crippen LogP contribution in [-0.2, 0) is 0 Å². The molecule has 3 aromatic rings. The molecule has 5 rings (SSSR count). The first kappa shape index (κ1) is 18.0. The van der Waals surface area contributed by atoms with Crippen LogP contribution in [0.4, 0.5) is 10.5 Å². The summed E-state index contributed by atoms with van der Waals surface area (Å²) >= 11 is 0. The van der Waals surface area contributed by atoms with Crippen LogP contribution in [0.1, 0.15) is 29.9 Å². The number of hydrogen-bond donors (Lipinski definition) is 2. The van der Waals surface area contributed by atoms with E-state index in [1.807, 2.05) is 24.4 Å². The van der Waals surface area contributed by atoms with Gasteiger partial charge in [-0.15, -0.1) is 0 Å². The highest BCUT2D eigenvalue weighted by molar-refractivity contribution is 5.93. The number of amides is 2. The van der Waals surface area contributed by atoms with Gasteiger partial charge in [-0.1, -0.05) is 30.3 Å². The van der Waals surface area contributed by atoms with Gasteiger partial charge in [0.2, 0.25) is 0 Å². The predicted molar refractivity (Wildman–Crippen MR) is 118 cm³/mol. The van der Waals surface area contributed by atoms with Crippen LogP contribution in [0.25, 0.3) is 16.5 Å². The summed E-state index contributed by atoms with van der Waals surface area (Å²) in [4.78, 5) is 19.3. The number of benzene rings is 2. The summed E-state index contributed by atoms with van der Waals surface area (Å²) in [5.74, 6) is 0.361. The summed E-state index contributed by atoms with van der Waals surface area (Å²) in [6, 6.07) is 16.6. The minimum Gasteiger partial charge on any atom is -0.361 e. The number of anilines is 1. The normalized spacial score (nSPS) is 19.4. The topological polar surface area (TPSA) is 65.4 Å². The molecule has 2 aliphatic heterocycles. The van der Waals surface area contributed by atoms with Crippen LogP contribution in [0, 0.1) is 0 Å². The number of fused-ring (bicyclic) bond motifs is 2. The van der Waals surface area contributed by atoms with Gasteiger partial charge in [0, 0.05) is 43.0 Å². The summed E-state index contributed by atoms with van der Waals surface area (Å²) in [5, 5.41) is 1.27. The molecular formula is C24H26N4O. The van der Waals surface area contributed by atoms with Gasteiger partial charge < -0.3 is 10.7 Å². The minimum absolute atomic E-state index is 0.357. The molecule has 0 radical (unpaired) electrons. The summed E-state index contributed by atoms with van der Waals surface area (Å²) in [7, 11) is 0. The third kappa shape index (κ3) is 3.42. The number of carbonyl (C=O) groups excluding carboxylic acids is 1. The fraction of sp³-hybridized carbons (Fsp3) is 0.292. The maximum atomic E-state index is 11.8. The van der Waals surface area contributed by atoms with Gasteiger partial charge in [0.25, 0.3) is 0 Å². The lowest BCUT2D eigenvalue weighted by atomic mass is 9.96. The molecule has 5 heteroatoms. The Bertz CT molecular complexity index is 1080. The Labute approximate surface area is 170 Å². The van der Waals surface area contributed by atoms with Gasteiger partial charge in [-0.05, 0) is 65.7 Å². The van der Waals surface area contributed by atoms with Gasteiger partial charge in [0.1, 0.15) is 0 Å². The zero-order valence-corrected chi connectivity index (χ0v) is 16.5. The highest BCUT2D eigenvalue weighted by Gasteiger charge is 2.31. The van der Waals surface area contributed by atoms with Crippen molar-refractivity contribution in [3.8, 4) is 0 Å². The monoisotopic (exact) mass is 386 g/mol. The van der Waals surface area contributed by atoms with Crippen LogP contribution >= 0.6 is 0 Å². The molecular weight excluding hydrogens is 360 g/mol. The maximum Gasteiger partial charge on any atom is 0.319 e. The molecule has 0 bridgehead atoms. The number of H-pyrrole nitrogens is 1. The Morgan fingerprint density at radius 1 is 1.17 bits per heavy atom. The second-order valence-electron chi connectivity index (χ2n) is 8.05. The van der Waals surface area contributed by atoms with Crippen molar-refractivity contribution in [3.63, 3.8) is 0 Å². The number of primary amides is 1. The van der Waals surface area contributed by atoms with E-state index in [1.165, 1.54) is 27.6 Å². The minimum atomic E-state index is -0.357. The molecule has 0 spiro atoms. The average molecular weight is 386 g/mol. The van der Waals surface area contributed by atoms with Crippen LogP contribution in [0.5, 0.6) is 0 Å². The smallest absolute Gasteiger partial charge is 0.319 e. The molecule has 0 saturated heterocycles. The summed E-state index contributed by atoms with van der Waals surface area (Å²) < 4.78 is 0. The van der Waals surface area contributed by atoms with E-state index in [0.717, 1.165) is 38.2 Å². The molecule has 2 aromatic carbocycles. The summed E-state index contributed by atoms with van der Waals surface area (Å²) in [5.41, 5.74) is 11.8. The second-order valence-corrected chi connectivity index (χ2v) is 8.05. The Hall–Kier alpha value is -3.05. The number of nitrogens with two attached hydrogens (primary N) is 1. The van der Waals surface area contributed by atoms with E-state index in [4.69, 9.17) is 5.73 Å². The van der Waals surface area contributed by atoms with Gasteiger partial charge >= 0.3 is 6.03 Å². The summed E-state index contributed by atoms with van der Waals surface area (Å²) in [6.07, 6.45) is 6.48. The van der Waals surface area contributed by atoms with Crippen LogP contribution in [0.3, 0.4) is 0 Å². The number of aromatic amines is 1. The summed E-state index contributed by atoms with van der Waals surface area (Å²) in [6.45, 7) is 3.78. The van der Waals surface area contributed by atoms with E-state index in [-0.39, 0.29) is 6.03 Å². The number of hydrogen-bond acceptors (Lipinski definition) is 2. The van der Waals surface area contributed by atoms with E-state index < -0.39 is 0 Å². The Morgan fingerprint density at radius 3 is 2.90 bits per heavy atom. The standard InChI is InChI=1S/C24H26N4O/c25-24(29)28-16-20(21-3-1-2-4-23(21)28)10-14-27-12-8-17(9-13-27)18-5-6-22-19(15-18)7-11-26-22/h1-8,11,15,20,26H,9-10,12-14,16H2,(H2,25,29). The van der Waals surface area contributed by atoms with E-state index in [9.17, 15) is 4.79 Å². The van der Waals surface area contributed by atoms with E-state index >= 15 is 0 Å². The molecule has 148 valence electrons. The molecule has 0 fully saturated rings. The van der Waals surface area contributed by atoms with Crippen molar-refractivity contribution in [1.29, 1.82) is 0 Å².